The van der Waals surface area contributed by atoms with Crippen molar-refractivity contribution in [3.05, 3.63) is 65.5 Å². The summed E-state index contributed by atoms with van der Waals surface area (Å²) in [7, 11) is 1.64. The highest BCUT2D eigenvalue weighted by atomic mass is 16.5. The summed E-state index contributed by atoms with van der Waals surface area (Å²) < 4.78 is 6.76. The highest BCUT2D eigenvalue weighted by Crippen LogP contribution is 2.24. The fourth-order valence-electron chi connectivity index (χ4n) is 2.81. The molecule has 2 aromatic carbocycles. The summed E-state index contributed by atoms with van der Waals surface area (Å²) in [4.78, 5) is 17.0. The van der Waals surface area contributed by atoms with E-state index in [1.165, 1.54) is 0 Å². The van der Waals surface area contributed by atoms with E-state index in [-0.39, 0.29) is 11.7 Å². The predicted octanol–water partition coefficient (Wildman–Crippen LogP) is 3.32. The van der Waals surface area contributed by atoms with Crippen molar-refractivity contribution in [2.45, 2.75) is 20.3 Å². The summed E-state index contributed by atoms with van der Waals surface area (Å²) in [5, 5.41) is 7.37. The fourth-order valence-corrected chi connectivity index (χ4v) is 2.81. The number of hydrogen-bond acceptors (Lipinski definition) is 4. The van der Waals surface area contributed by atoms with Crippen molar-refractivity contribution < 1.29 is 9.53 Å². The zero-order valence-electron chi connectivity index (χ0n) is 15.9. The fraction of sp³-hybridized carbons (Fsp3) is 0.286. The lowest BCUT2D eigenvalue weighted by Gasteiger charge is -2.10. The lowest BCUT2D eigenvalue weighted by Crippen LogP contribution is -2.26. The molecule has 6 nitrogen and oxygen atoms in total. The molecule has 0 fully saturated rings. The van der Waals surface area contributed by atoms with Gasteiger partial charge < -0.3 is 10.1 Å². The van der Waals surface area contributed by atoms with Crippen molar-refractivity contribution in [3.8, 4) is 17.1 Å². The Morgan fingerprint density at radius 2 is 1.89 bits per heavy atom. The Balaban J connectivity index is 2.00. The molecule has 0 saturated heterocycles. The average Bonchev–Trinajstić information content (AvgIpc) is 3.13. The van der Waals surface area contributed by atoms with Gasteiger partial charge in [0.15, 0.2) is 5.82 Å². The molecule has 0 aliphatic rings. The third-order valence-corrected chi connectivity index (χ3v) is 4.46. The molecule has 1 heterocycles. The van der Waals surface area contributed by atoms with E-state index in [0.29, 0.717) is 19.0 Å². The van der Waals surface area contributed by atoms with Crippen LogP contribution in [-0.2, 0) is 4.74 Å². The SMILES string of the molecule is COCCCNC(=O)c1nc(-c2ccccc2)n(-c2cccc(C)c2C)n1. The van der Waals surface area contributed by atoms with Gasteiger partial charge in [0.1, 0.15) is 0 Å². The summed E-state index contributed by atoms with van der Waals surface area (Å²) in [6.07, 6.45) is 0.742. The molecule has 27 heavy (non-hydrogen) atoms. The van der Waals surface area contributed by atoms with Crippen LogP contribution in [0.3, 0.4) is 0 Å². The molecule has 0 spiro atoms. The minimum absolute atomic E-state index is 0.159. The molecule has 3 rings (SSSR count). The number of nitrogens with one attached hydrogen (secondary N) is 1. The second kappa shape index (κ2) is 8.60. The second-order valence-electron chi connectivity index (χ2n) is 6.36. The van der Waals surface area contributed by atoms with Gasteiger partial charge in [0.05, 0.1) is 5.69 Å². The van der Waals surface area contributed by atoms with Crippen molar-refractivity contribution in [1.29, 1.82) is 0 Å². The van der Waals surface area contributed by atoms with Gasteiger partial charge in [-0.2, -0.15) is 0 Å². The molecular formula is C21H24N4O2. The smallest absolute Gasteiger partial charge is 0.290 e. The first-order valence-corrected chi connectivity index (χ1v) is 8.98. The van der Waals surface area contributed by atoms with Crippen LogP contribution < -0.4 is 5.32 Å². The number of aryl methyl sites for hydroxylation is 1. The minimum atomic E-state index is -0.285. The number of rotatable bonds is 7. The zero-order chi connectivity index (χ0) is 19.2. The number of carbonyl (C=O) groups excluding carboxylic acids is 1. The summed E-state index contributed by atoms with van der Waals surface area (Å²) in [5.74, 6) is 0.519. The number of carbonyl (C=O) groups is 1. The molecule has 140 valence electrons. The van der Waals surface area contributed by atoms with Crippen LogP contribution in [0.5, 0.6) is 0 Å². The number of aromatic nitrogens is 3. The molecule has 0 saturated carbocycles. The largest absolute Gasteiger partial charge is 0.385 e. The van der Waals surface area contributed by atoms with E-state index >= 15 is 0 Å². The first kappa shape index (κ1) is 18.8. The zero-order valence-corrected chi connectivity index (χ0v) is 15.9. The Morgan fingerprint density at radius 3 is 2.63 bits per heavy atom. The predicted molar refractivity (Wildman–Crippen MR) is 105 cm³/mol. The van der Waals surface area contributed by atoms with Crippen molar-refractivity contribution in [3.63, 3.8) is 0 Å². The molecule has 3 aromatic rings. The van der Waals surface area contributed by atoms with Gasteiger partial charge in [-0.1, -0.05) is 42.5 Å². The molecule has 0 unspecified atom stereocenters. The monoisotopic (exact) mass is 364 g/mol. The van der Waals surface area contributed by atoms with Crippen LogP contribution >= 0.6 is 0 Å². The van der Waals surface area contributed by atoms with Crippen LogP contribution in [0.2, 0.25) is 0 Å². The summed E-state index contributed by atoms with van der Waals surface area (Å²) in [6, 6.07) is 15.8. The van der Waals surface area contributed by atoms with E-state index in [1.807, 2.05) is 49.4 Å². The van der Waals surface area contributed by atoms with Crippen LogP contribution in [0.4, 0.5) is 0 Å². The Kier molecular flexibility index (Phi) is 5.98. The Hall–Kier alpha value is -2.99. The first-order chi connectivity index (χ1) is 13.1. The van der Waals surface area contributed by atoms with Gasteiger partial charge in [-0.3, -0.25) is 4.79 Å². The lowest BCUT2D eigenvalue weighted by atomic mass is 10.1. The molecule has 0 atom stereocenters. The van der Waals surface area contributed by atoms with E-state index in [2.05, 4.69) is 28.4 Å². The Labute approximate surface area is 159 Å². The third-order valence-electron chi connectivity index (χ3n) is 4.46. The van der Waals surface area contributed by atoms with E-state index in [9.17, 15) is 4.79 Å². The quantitative estimate of drug-likeness (QED) is 0.653. The molecule has 1 N–H and O–H groups in total. The minimum Gasteiger partial charge on any atom is -0.385 e. The lowest BCUT2D eigenvalue weighted by molar-refractivity contribution is 0.0938. The molecule has 6 heteroatoms. The molecular weight excluding hydrogens is 340 g/mol. The first-order valence-electron chi connectivity index (χ1n) is 8.98. The number of benzene rings is 2. The normalized spacial score (nSPS) is 10.8. The Bertz CT molecular complexity index is 919. The van der Waals surface area contributed by atoms with Crippen molar-refractivity contribution >= 4 is 5.91 Å². The van der Waals surface area contributed by atoms with Crippen LogP contribution in [-0.4, -0.2) is 40.9 Å². The van der Waals surface area contributed by atoms with Crippen molar-refractivity contribution in [2.75, 3.05) is 20.3 Å². The van der Waals surface area contributed by atoms with Crippen molar-refractivity contribution in [1.82, 2.24) is 20.1 Å². The van der Waals surface area contributed by atoms with Crippen LogP contribution in [0, 0.1) is 13.8 Å². The van der Waals surface area contributed by atoms with Gasteiger partial charge in [0, 0.05) is 25.8 Å². The maximum absolute atomic E-state index is 12.5. The molecule has 0 radical (unpaired) electrons. The second-order valence-corrected chi connectivity index (χ2v) is 6.36. The highest BCUT2D eigenvalue weighted by Gasteiger charge is 2.19. The maximum Gasteiger partial charge on any atom is 0.290 e. The summed E-state index contributed by atoms with van der Waals surface area (Å²) in [6.45, 7) is 5.22. The van der Waals surface area contributed by atoms with Gasteiger partial charge in [-0.25, -0.2) is 9.67 Å². The van der Waals surface area contributed by atoms with Crippen LogP contribution in [0.25, 0.3) is 17.1 Å². The standard InChI is InChI=1S/C21H24N4O2/c1-15-9-7-12-18(16(15)2)25-20(17-10-5-4-6-11-17)23-19(24-25)21(26)22-13-8-14-27-3/h4-7,9-12H,8,13-14H2,1-3H3,(H,22,26). The van der Waals surface area contributed by atoms with Crippen molar-refractivity contribution in [2.24, 2.45) is 0 Å². The molecule has 0 aliphatic carbocycles. The van der Waals surface area contributed by atoms with E-state index in [4.69, 9.17) is 4.74 Å². The molecule has 0 bridgehead atoms. The molecule has 0 aliphatic heterocycles. The topological polar surface area (TPSA) is 69.0 Å². The van der Waals surface area contributed by atoms with Gasteiger partial charge in [0.2, 0.25) is 5.82 Å². The van der Waals surface area contributed by atoms with Crippen LogP contribution in [0.1, 0.15) is 28.2 Å². The number of ether oxygens (including phenoxy) is 1. The highest BCUT2D eigenvalue weighted by molar-refractivity contribution is 5.91. The average molecular weight is 364 g/mol. The third kappa shape index (κ3) is 4.23. The van der Waals surface area contributed by atoms with Gasteiger partial charge in [0.25, 0.3) is 5.91 Å². The maximum atomic E-state index is 12.5. The van der Waals surface area contributed by atoms with E-state index in [0.717, 1.165) is 28.8 Å². The van der Waals surface area contributed by atoms with Gasteiger partial charge >= 0.3 is 0 Å². The van der Waals surface area contributed by atoms with Gasteiger partial charge in [-0.15, -0.1) is 5.10 Å². The van der Waals surface area contributed by atoms with E-state index < -0.39 is 0 Å². The van der Waals surface area contributed by atoms with E-state index in [1.54, 1.807) is 11.8 Å². The molecule has 1 amide bonds. The van der Waals surface area contributed by atoms with Gasteiger partial charge in [-0.05, 0) is 37.5 Å². The Morgan fingerprint density at radius 1 is 1.11 bits per heavy atom. The molecule has 1 aromatic heterocycles. The number of nitrogens with zero attached hydrogens (tertiary/aromatic N) is 3. The summed E-state index contributed by atoms with van der Waals surface area (Å²) in [5.41, 5.74) is 4.09. The number of methoxy groups -OCH3 is 1. The summed E-state index contributed by atoms with van der Waals surface area (Å²) >= 11 is 0. The van der Waals surface area contributed by atoms with Crippen LogP contribution in [0.15, 0.2) is 48.5 Å². The number of hydrogen-bond donors (Lipinski definition) is 1. The number of amides is 1.